The average Bonchev–Trinajstić information content (AvgIpc) is 2.96. The van der Waals surface area contributed by atoms with Crippen molar-refractivity contribution in [3.8, 4) is 0 Å². The summed E-state index contributed by atoms with van der Waals surface area (Å²) in [6.45, 7) is 0.531. The zero-order valence-electron chi connectivity index (χ0n) is 9.62. The van der Waals surface area contributed by atoms with Crippen molar-refractivity contribution >= 4 is 33.2 Å². The standard InChI is InChI=1S/C12H17BrN2OS/c13-11-6-5-10(17-11)12(16)15-9(7-14)8-3-1-2-4-8/h5-6,8-9H,1-4,7,14H2,(H,15,16). The van der Waals surface area contributed by atoms with Gasteiger partial charge in [-0.3, -0.25) is 4.79 Å². The maximum absolute atomic E-state index is 12.0. The van der Waals surface area contributed by atoms with Gasteiger partial charge in [0.2, 0.25) is 0 Å². The van der Waals surface area contributed by atoms with E-state index < -0.39 is 0 Å². The van der Waals surface area contributed by atoms with Crippen molar-refractivity contribution in [3.63, 3.8) is 0 Å². The van der Waals surface area contributed by atoms with Crippen molar-refractivity contribution in [2.75, 3.05) is 6.54 Å². The Labute approximate surface area is 114 Å². The maximum Gasteiger partial charge on any atom is 0.261 e. The van der Waals surface area contributed by atoms with Crippen molar-refractivity contribution in [3.05, 3.63) is 20.8 Å². The molecule has 2 rings (SSSR count). The van der Waals surface area contributed by atoms with E-state index in [9.17, 15) is 4.79 Å². The molecule has 0 aliphatic heterocycles. The first-order valence-corrected chi connectivity index (χ1v) is 7.58. The SMILES string of the molecule is NCC(NC(=O)c1ccc(Br)s1)C1CCCC1. The van der Waals surface area contributed by atoms with E-state index in [1.54, 1.807) is 0 Å². The van der Waals surface area contributed by atoms with Gasteiger partial charge in [-0.15, -0.1) is 11.3 Å². The van der Waals surface area contributed by atoms with Gasteiger partial charge < -0.3 is 11.1 Å². The molecule has 3 nitrogen and oxygen atoms in total. The van der Waals surface area contributed by atoms with Crippen LogP contribution in [0.3, 0.4) is 0 Å². The average molecular weight is 317 g/mol. The molecule has 5 heteroatoms. The van der Waals surface area contributed by atoms with Crippen molar-refractivity contribution in [2.24, 2.45) is 11.7 Å². The molecular weight excluding hydrogens is 300 g/mol. The van der Waals surface area contributed by atoms with Crippen molar-refractivity contribution in [1.82, 2.24) is 5.32 Å². The van der Waals surface area contributed by atoms with Gasteiger partial charge in [0, 0.05) is 12.6 Å². The number of thiophene rings is 1. The van der Waals surface area contributed by atoms with Gasteiger partial charge in [0.15, 0.2) is 0 Å². The second kappa shape index (κ2) is 5.98. The number of amides is 1. The molecule has 0 saturated heterocycles. The zero-order chi connectivity index (χ0) is 12.3. The summed E-state index contributed by atoms with van der Waals surface area (Å²) < 4.78 is 0.979. The number of carbonyl (C=O) groups is 1. The second-order valence-corrected chi connectivity index (χ2v) is 6.93. The Morgan fingerprint density at radius 3 is 2.76 bits per heavy atom. The van der Waals surface area contributed by atoms with Gasteiger partial charge in [-0.1, -0.05) is 12.8 Å². The molecule has 1 fully saturated rings. The molecule has 1 saturated carbocycles. The van der Waals surface area contributed by atoms with Crippen LogP contribution in [-0.4, -0.2) is 18.5 Å². The van der Waals surface area contributed by atoms with E-state index in [0.717, 1.165) is 8.66 Å². The monoisotopic (exact) mass is 316 g/mol. The van der Waals surface area contributed by atoms with E-state index in [0.29, 0.717) is 12.5 Å². The van der Waals surface area contributed by atoms with Gasteiger partial charge >= 0.3 is 0 Å². The molecule has 17 heavy (non-hydrogen) atoms. The Balaban J connectivity index is 1.96. The molecule has 0 bridgehead atoms. The number of halogens is 1. The van der Waals surface area contributed by atoms with E-state index >= 15 is 0 Å². The van der Waals surface area contributed by atoms with E-state index in [4.69, 9.17) is 5.73 Å². The molecule has 94 valence electrons. The number of hydrogen-bond acceptors (Lipinski definition) is 3. The summed E-state index contributed by atoms with van der Waals surface area (Å²) in [5.41, 5.74) is 5.76. The van der Waals surface area contributed by atoms with Crippen molar-refractivity contribution in [2.45, 2.75) is 31.7 Å². The summed E-state index contributed by atoms with van der Waals surface area (Å²) in [4.78, 5) is 12.8. The van der Waals surface area contributed by atoms with Crippen LogP contribution in [0.5, 0.6) is 0 Å². The normalized spacial score (nSPS) is 18.2. The largest absolute Gasteiger partial charge is 0.347 e. The lowest BCUT2D eigenvalue weighted by atomic mass is 9.98. The number of nitrogens with one attached hydrogen (secondary N) is 1. The van der Waals surface area contributed by atoms with Crippen LogP contribution >= 0.6 is 27.3 Å². The van der Waals surface area contributed by atoms with E-state index in [1.165, 1.54) is 37.0 Å². The molecule has 0 aromatic carbocycles. The minimum atomic E-state index is 0.00282. The minimum Gasteiger partial charge on any atom is -0.347 e. The van der Waals surface area contributed by atoms with E-state index in [1.807, 2.05) is 12.1 Å². The predicted octanol–water partition coefficient (Wildman–Crippen LogP) is 2.76. The summed E-state index contributed by atoms with van der Waals surface area (Å²) in [6.07, 6.45) is 4.91. The molecule has 1 aliphatic rings. The molecular formula is C12H17BrN2OS. The first-order valence-electron chi connectivity index (χ1n) is 5.97. The fraction of sp³-hybridized carbons (Fsp3) is 0.583. The molecule has 0 spiro atoms. The van der Waals surface area contributed by atoms with Crippen molar-refractivity contribution in [1.29, 1.82) is 0 Å². The van der Waals surface area contributed by atoms with Crippen LogP contribution in [0.2, 0.25) is 0 Å². The second-order valence-electron chi connectivity index (χ2n) is 4.46. The highest BCUT2D eigenvalue weighted by molar-refractivity contribution is 9.11. The smallest absolute Gasteiger partial charge is 0.261 e. The number of carbonyl (C=O) groups excluding carboxylic acids is 1. The third-order valence-corrected chi connectivity index (χ3v) is 4.96. The predicted molar refractivity (Wildman–Crippen MR) is 74.3 cm³/mol. The lowest BCUT2D eigenvalue weighted by molar-refractivity contribution is 0.0928. The summed E-state index contributed by atoms with van der Waals surface area (Å²) in [7, 11) is 0. The lowest BCUT2D eigenvalue weighted by Gasteiger charge is -2.22. The van der Waals surface area contributed by atoms with Crippen LogP contribution in [0.1, 0.15) is 35.4 Å². The third kappa shape index (κ3) is 3.30. The number of nitrogens with two attached hydrogens (primary N) is 1. The topological polar surface area (TPSA) is 55.1 Å². The molecule has 1 unspecified atom stereocenters. The Bertz CT molecular complexity index is 388. The molecule has 1 aromatic heterocycles. The molecule has 1 heterocycles. The summed E-state index contributed by atoms with van der Waals surface area (Å²) in [6, 6.07) is 3.87. The third-order valence-electron chi connectivity index (χ3n) is 3.34. The Kier molecular flexibility index (Phi) is 4.59. The van der Waals surface area contributed by atoms with Gasteiger partial charge in [-0.25, -0.2) is 0 Å². The Morgan fingerprint density at radius 1 is 1.53 bits per heavy atom. The highest BCUT2D eigenvalue weighted by Gasteiger charge is 2.25. The number of rotatable bonds is 4. The lowest BCUT2D eigenvalue weighted by Crippen LogP contribution is -2.44. The van der Waals surface area contributed by atoms with Crippen LogP contribution in [0.4, 0.5) is 0 Å². The molecule has 1 aliphatic carbocycles. The molecule has 0 radical (unpaired) electrons. The highest BCUT2D eigenvalue weighted by atomic mass is 79.9. The molecule has 1 aromatic rings. The van der Waals surface area contributed by atoms with Crippen LogP contribution in [-0.2, 0) is 0 Å². The first-order chi connectivity index (χ1) is 8.20. The molecule has 1 amide bonds. The summed E-state index contributed by atoms with van der Waals surface area (Å²) in [5.74, 6) is 0.565. The summed E-state index contributed by atoms with van der Waals surface area (Å²) in [5, 5.41) is 3.06. The van der Waals surface area contributed by atoms with Crippen molar-refractivity contribution < 1.29 is 4.79 Å². The Hall–Kier alpha value is -0.390. The first kappa shape index (κ1) is 13.1. The molecule has 3 N–H and O–H groups in total. The fourth-order valence-corrected chi connectivity index (χ4v) is 3.69. The van der Waals surface area contributed by atoms with Crippen LogP contribution < -0.4 is 11.1 Å². The van der Waals surface area contributed by atoms with Gasteiger partial charge in [0.1, 0.15) is 0 Å². The quantitative estimate of drug-likeness (QED) is 0.897. The van der Waals surface area contributed by atoms with E-state index in [-0.39, 0.29) is 11.9 Å². The van der Waals surface area contributed by atoms with Crippen LogP contribution in [0.25, 0.3) is 0 Å². The fourth-order valence-electron chi connectivity index (χ4n) is 2.40. The van der Waals surface area contributed by atoms with Gasteiger partial charge in [0.25, 0.3) is 5.91 Å². The minimum absolute atomic E-state index is 0.00282. The van der Waals surface area contributed by atoms with Crippen LogP contribution in [0.15, 0.2) is 15.9 Å². The van der Waals surface area contributed by atoms with Crippen LogP contribution in [0, 0.1) is 5.92 Å². The highest BCUT2D eigenvalue weighted by Crippen LogP contribution is 2.28. The van der Waals surface area contributed by atoms with Gasteiger partial charge in [0.05, 0.1) is 8.66 Å². The Morgan fingerprint density at radius 2 is 2.24 bits per heavy atom. The maximum atomic E-state index is 12.0. The zero-order valence-corrected chi connectivity index (χ0v) is 12.0. The van der Waals surface area contributed by atoms with E-state index in [2.05, 4.69) is 21.2 Å². The molecule has 1 atom stereocenters. The summed E-state index contributed by atoms with van der Waals surface area (Å²) >= 11 is 4.82. The van der Waals surface area contributed by atoms with Gasteiger partial charge in [-0.05, 0) is 46.8 Å². The van der Waals surface area contributed by atoms with Gasteiger partial charge in [-0.2, -0.15) is 0 Å². The number of hydrogen-bond donors (Lipinski definition) is 2.